The van der Waals surface area contributed by atoms with Crippen molar-refractivity contribution in [2.24, 2.45) is 0 Å². The highest BCUT2D eigenvalue weighted by Gasteiger charge is 2.31. The smallest absolute Gasteiger partial charge is 0.283 e. The van der Waals surface area contributed by atoms with Crippen molar-refractivity contribution >= 4 is 5.82 Å². The molecule has 0 bridgehead atoms. The third kappa shape index (κ3) is 3.89. The predicted octanol–water partition coefficient (Wildman–Crippen LogP) is 1.05. The zero-order valence-electron chi connectivity index (χ0n) is 14.7. The van der Waals surface area contributed by atoms with Gasteiger partial charge < -0.3 is 19.1 Å². The Hall–Kier alpha value is -1.83. The van der Waals surface area contributed by atoms with E-state index in [9.17, 15) is 0 Å². The lowest BCUT2D eigenvalue weighted by molar-refractivity contribution is -0.0279. The van der Waals surface area contributed by atoms with Gasteiger partial charge in [-0.3, -0.25) is 9.80 Å². The molecule has 136 valence electrons. The van der Waals surface area contributed by atoms with E-state index in [0.29, 0.717) is 6.04 Å². The van der Waals surface area contributed by atoms with Gasteiger partial charge in [0.15, 0.2) is 0 Å². The first-order chi connectivity index (χ1) is 12.3. The molecule has 0 aromatic carbocycles. The maximum Gasteiger partial charge on any atom is 0.283 e. The molecule has 0 N–H and O–H groups in total. The molecule has 3 aliphatic rings. The van der Waals surface area contributed by atoms with E-state index in [1.54, 1.807) is 12.5 Å². The van der Waals surface area contributed by atoms with Crippen LogP contribution < -0.4 is 4.90 Å². The standard InChI is InChI=1S/C18H26N4O3/c1-20(5-6-21-7-9-23-10-8-21)15-13-22(14-15)17-4-2-3-16(19-17)18-24-11-12-25-18/h2-4,11-12,15,18H,5-10,13-14H2,1H3. The maximum atomic E-state index is 5.41. The van der Waals surface area contributed by atoms with Gasteiger partial charge in [0.05, 0.1) is 13.2 Å². The fourth-order valence-corrected chi connectivity index (χ4v) is 3.35. The van der Waals surface area contributed by atoms with Crippen LogP contribution in [0.15, 0.2) is 30.7 Å². The van der Waals surface area contributed by atoms with Crippen LogP contribution in [-0.2, 0) is 14.2 Å². The van der Waals surface area contributed by atoms with Crippen LogP contribution in [0.25, 0.3) is 0 Å². The highest BCUT2D eigenvalue weighted by atomic mass is 16.7. The Balaban J connectivity index is 1.24. The summed E-state index contributed by atoms with van der Waals surface area (Å²) in [5.41, 5.74) is 0.812. The summed E-state index contributed by atoms with van der Waals surface area (Å²) in [7, 11) is 2.22. The lowest BCUT2D eigenvalue weighted by Gasteiger charge is -2.45. The molecule has 0 atom stereocenters. The van der Waals surface area contributed by atoms with Gasteiger partial charge in [-0.1, -0.05) is 6.07 Å². The number of pyridine rings is 1. The van der Waals surface area contributed by atoms with Gasteiger partial charge in [-0.2, -0.15) is 0 Å². The first-order valence-electron chi connectivity index (χ1n) is 8.98. The molecule has 0 unspecified atom stereocenters. The number of hydrogen-bond acceptors (Lipinski definition) is 7. The van der Waals surface area contributed by atoms with Crippen LogP contribution in [0, 0.1) is 0 Å². The van der Waals surface area contributed by atoms with Crippen molar-refractivity contribution in [1.82, 2.24) is 14.8 Å². The minimum atomic E-state index is -0.409. The quantitative estimate of drug-likeness (QED) is 0.763. The largest absolute Gasteiger partial charge is 0.454 e. The van der Waals surface area contributed by atoms with E-state index in [1.807, 2.05) is 12.1 Å². The molecular weight excluding hydrogens is 320 g/mol. The molecule has 1 aromatic heterocycles. The molecule has 0 saturated carbocycles. The minimum Gasteiger partial charge on any atom is -0.454 e. The van der Waals surface area contributed by atoms with Crippen molar-refractivity contribution in [2.75, 3.05) is 64.4 Å². The molecule has 0 spiro atoms. The van der Waals surface area contributed by atoms with E-state index in [2.05, 4.69) is 32.8 Å². The Morgan fingerprint density at radius 2 is 1.92 bits per heavy atom. The van der Waals surface area contributed by atoms with E-state index >= 15 is 0 Å². The zero-order valence-corrected chi connectivity index (χ0v) is 14.7. The highest BCUT2D eigenvalue weighted by molar-refractivity contribution is 5.43. The third-order valence-electron chi connectivity index (χ3n) is 5.14. The van der Waals surface area contributed by atoms with Gasteiger partial charge in [0, 0.05) is 45.3 Å². The summed E-state index contributed by atoms with van der Waals surface area (Å²) in [5, 5.41) is 0. The Morgan fingerprint density at radius 1 is 1.16 bits per heavy atom. The summed E-state index contributed by atoms with van der Waals surface area (Å²) in [6.45, 7) is 8.10. The number of likely N-dealkylation sites (N-methyl/N-ethyl adjacent to an activating group) is 1. The second kappa shape index (κ2) is 7.59. The SMILES string of the molecule is CN(CCN1CCOCC1)C1CN(c2cccc(C3OC=CO3)n2)C1. The molecule has 2 fully saturated rings. The van der Waals surface area contributed by atoms with Crippen molar-refractivity contribution in [3.05, 3.63) is 36.4 Å². The van der Waals surface area contributed by atoms with E-state index < -0.39 is 6.29 Å². The molecule has 4 rings (SSSR count). The maximum absolute atomic E-state index is 5.41. The minimum absolute atomic E-state index is 0.409. The predicted molar refractivity (Wildman–Crippen MR) is 94.2 cm³/mol. The van der Waals surface area contributed by atoms with Gasteiger partial charge in [-0.05, 0) is 19.2 Å². The third-order valence-corrected chi connectivity index (χ3v) is 5.14. The van der Waals surface area contributed by atoms with Gasteiger partial charge in [0.25, 0.3) is 6.29 Å². The second-order valence-electron chi connectivity index (χ2n) is 6.79. The molecule has 25 heavy (non-hydrogen) atoms. The molecule has 7 nitrogen and oxygen atoms in total. The van der Waals surface area contributed by atoms with Crippen LogP contribution in [0.1, 0.15) is 12.0 Å². The van der Waals surface area contributed by atoms with Crippen LogP contribution in [0.3, 0.4) is 0 Å². The number of ether oxygens (including phenoxy) is 3. The first-order valence-corrected chi connectivity index (χ1v) is 8.98. The normalized spacial score (nSPS) is 22.1. The summed E-state index contributed by atoms with van der Waals surface area (Å²) < 4.78 is 16.1. The van der Waals surface area contributed by atoms with E-state index in [1.165, 1.54) is 0 Å². The molecule has 0 radical (unpaired) electrons. The van der Waals surface area contributed by atoms with Crippen molar-refractivity contribution in [3.63, 3.8) is 0 Å². The van der Waals surface area contributed by atoms with Crippen LogP contribution >= 0.6 is 0 Å². The molecule has 4 heterocycles. The Labute approximate surface area is 148 Å². The summed E-state index contributed by atoms with van der Waals surface area (Å²) in [6.07, 6.45) is 2.71. The van der Waals surface area contributed by atoms with Crippen molar-refractivity contribution < 1.29 is 14.2 Å². The average molecular weight is 346 g/mol. The summed E-state index contributed by atoms with van der Waals surface area (Å²) in [5.74, 6) is 0.995. The molecule has 7 heteroatoms. The Bertz CT molecular complexity index is 592. The van der Waals surface area contributed by atoms with Crippen molar-refractivity contribution in [2.45, 2.75) is 12.3 Å². The van der Waals surface area contributed by atoms with Gasteiger partial charge in [-0.25, -0.2) is 4.98 Å². The van der Waals surface area contributed by atoms with E-state index in [-0.39, 0.29) is 0 Å². The molecule has 0 amide bonds. The average Bonchev–Trinajstić information content (AvgIpc) is 3.15. The number of rotatable bonds is 6. The topological polar surface area (TPSA) is 50.3 Å². The van der Waals surface area contributed by atoms with Crippen LogP contribution in [0.4, 0.5) is 5.82 Å². The van der Waals surface area contributed by atoms with Crippen LogP contribution in [0.5, 0.6) is 0 Å². The molecule has 3 aliphatic heterocycles. The van der Waals surface area contributed by atoms with Crippen LogP contribution in [-0.4, -0.2) is 80.4 Å². The molecule has 1 aromatic rings. The molecule has 2 saturated heterocycles. The Morgan fingerprint density at radius 3 is 2.68 bits per heavy atom. The zero-order chi connectivity index (χ0) is 17.1. The number of aromatic nitrogens is 1. The highest BCUT2D eigenvalue weighted by Crippen LogP contribution is 2.26. The van der Waals surface area contributed by atoms with Crippen LogP contribution in [0.2, 0.25) is 0 Å². The van der Waals surface area contributed by atoms with Gasteiger partial charge >= 0.3 is 0 Å². The fourth-order valence-electron chi connectivity index (χ4n) is 3.35. The lowest BCUT2D eigenvalue weighted by atomic mass is 10.1. The molecule has 0 aliphatic carbocycles. The van der Waals surface area contributed by atoms with Crippen molar-refractivity contribution in [3.8, 4) is 0 Å². The summed E-state index contributed by atoms with van der Waals surface area (Å²) in [6, 6.07) is 6.59. The number of nitrogens with zero attached hydrogens (tertiary/aromatic N) is 4. The summed E-state index contributed by atoms with van der Waals surface area (Å²) >= 11 is 0. The Kier molecular flexibility index (Phi) is 5.05. The number of morpholine rings is 1. The fraction of sp³-hybridized carbons (Fsp3) is 0.611. The summed E-state index contributed by atoms with van der Waals surface area (Å²) in [4.78, 5) is 11.9. The van der Waals surface area contributed by atoms with E-state index in [0.717, 1.165) is 64.0 Å². The number of hydrogen-bond donors (Lipinski definition) is 0. The van der Waals surface area contributed by atoms with Gasteiger partial charge in [0.2, 0.25) is 0 Å². The first kappa shape index (κ1) is 16.6. The number of anilines is 1. The van der Waals surface area contributed by atoms with E-state index in [4.69, 9.17) is 14.2 Å². The lowest BCUT2D eigenvalue weighted by Crippen LogP contribution is -2.59. The van der Waals surface area contributed by atoms with Gasteiger partial charge in [-0.15, -0.1) is 0 Å². The van der Waals surface area contributed by atoms with Gasteiger partial charge in [0.1, 0.15) is 24.0 Å². The van der Waals surface area contributed by atoms with Crippen molar-refractivity contribution in [1.29, 1.82) is 0 Å². The monoisotopic (exact) mass is 346 g/mol. The second-order valence-corrected chi connectivity index (χ2v) is 6.79. The molecular formula is C18H26N4O3.